The fourth-order valence-corrected chi connectivity index (χ4v) is 4.31. The Hall–Kier alpha value is -3.24. The molecule has 4 aromatic rings. The molecular formula is C20H18N4O4S2. The summed E-state index contributed by atoms with van der Waals surface area (Å²) in [5, 5.41) is 4.25. The Balaban J connectivity index is 1.72. The van der Waals surface area contributed by atoms with Gasteiger partial charge in [0.05, 0.1) is 22.4 Å². The smallest absolute Gasteiger partial charge is 0.229 e. The lowest BCUT2D eigenvalue weighted by atomic mass is 10.1. The molecule has 4 rings (SSSR count). The second-order valence-electron chi connectivity index (χ2n) is 6.92. The van der Waals surface area contributed by atoms with Crippen LogP contribution in [0.3, 0.4) is 0 Å². The van der Waals surface area contributed by atoms with Crippen LogP contribution in [0.1, 0.15) is 0 Å². The summed E-state index contributed by atoms with van der Waals surface area (Å²) in [6, 6.07) is 15.5. The molecular weight excluding hydrogens is 424 g/mol. The lowest BCUT2D eigenvalue weighted by molar-refractivity contribution is 0.601. The Bertz CT molecular complexity index is 1440. The average molecular weight is 443 g/mol. The van der Waals surface area contributed by atoms with Gasteiger partial charge < -0.3 is 0 Å². The van der Waals surface area contributed by atoms with Gasteiger partial charge in [0.2, 0.25) is 10.0 Å². The molecule has 154 valence electrons. The van der Waals surface area contributed by atoms with Gasteiger partial charge >= 0.3 is 0 Å². The normalized spacial score (nSPS) is 12.2. The molecule has 30 heavy (non-hydrogen) atoms. The first-order valence-electron chi connectivity index (χ1n) is 8.82. The minimum absolute atomic E-state index is 0.262. The molecule has 0 bridgehead atoms. The highest BCUT2D eigenvalue weighted by Gasteiger charge is 2.12. The number of sulfone groups is 1. The van der Waals surface area contributed by atoms with Crippen molar-refractivity contribution >= 4 is 31.1 Å². The van der Waals surface area contributed by atoms with E-state index < -0.39 is 19.9 Å². The first-order chi connectivity index (χ1) is 14.1. The van der Waals surface area contributed by atoms with Crippen molar-refractivity contribution in [1.82, 2.24) is 14.6 Å². The van der Waals surface area contributed by atoms with E-state index in [0.29, 0.717) is 11.4 Å². The third-order valence-electron chi connectivity index (χ3n) is 4.48. The van der Waals surface area contributed by atoms with Crippen molar-refractivity contribution in [2.45, 2.75) is 4.90 Å². The molecule has 2 aromatic heterocycles. The quantitative estimate of drug-likeness (QED) is 0.509. The standard InChI is InChI=1S/C20H18N4O4S2/c1-29(25,26)18-9-5-14(6-10-18)16-11-19-20(21-13-22-24(19)12-16)15-3-7-17(8-4-15)23-30(2,27)28/h3-13,23H,1-2H3. The first kappa shape index (κ1) is 20.0. The second kappa shape index (κ2) is 7.22. The summed E-state index contributed by atoms with van der Waals surface area (Å²) in [5.74, 6) is 0. The van der Waals surface area contributed by atoms with Crippen LogP contribution >= 0.6 is 0 Å². The summed E-state index contributed by atoms with van der Waals surface area (Å²) in [6.45, 7) is 0. The topological polar surface area (TPSA) is 110 Å². The highest BCUT2D eigenvalue weighted by atomic mass is 32.2. The number of benzene rings is 2. The third-order valence-corrected chi connectivity index (χ3v) is 6.22. The highest BCUT2D eigenvalue weighted by Crippen LogP contribution is 2.29. The van der Waals surface area contributed by atoms with Gasteiger partial charge in [-0.2, -0.15) is 5.10 Å². The van der Waals surface area contributed by atoms with Crippen LogP contribution in [-0.4, -0.2) is 43.9 Å². The molecule has 0 aliphatic carbocycles. The SMILES string of the molecule is CS(=O)(=O)Nc1ccc(-c2ncnn3cc(-c4ccc(S(C)(=O)=O)cc4)cc23)cc1. The lowest BCUT2D eigenvalue weighted by Gasteiger charge is -2.06. The van der Waals surface area contributed by atoms with Crippen molar-refractivity contribution in [3.05, 3.63) is 67.1 Å². The molecule has 0 atom stereocenters. The highest BCUT2D eigenvalue weighted by molar-refractivity contribution is 7.92. The van der Waals surface area contributed by atoms with Gasteiger partial charge in [0.1, 0.15) is 6.33 Å². The zero-order valence-corrected chi connectivity index (χ0v) is 17.8. The van der Waals surface area contributed by atoms with Gasteiger partial charge in [0.15, 0.2) is 9.84 Å². The molecule has 0 spiro atoms. The van der Waals surface area contributed by atoms with Crippen LogP contribution in [0.15, 0.2) is 72.0 Å². The van der Waals surface area contributed by atoms with Crippen molar-refractivity contribution < 1.29 is 16.8 Å². The minimum Gasteiger partial charge on any atom is -0.284 e. The summed E-state index contributed by atoms with van der Waals surface area (Å²) < 4.78 is 50.2. The van der Waals surface area contributed by atoms with Crippen LogP contribution in [-0.2, 0) is 19.9 Å². The summed E-state index contributed by atoms with van der Waals surface area (Å²) in [6.07, 6.45) is 5.56. The van der Waals surface area contributed by atoms with Gasteiger partial charge in [-0.3, -0.25) is 4.72 Å². The molecule has 0 aliphatic rings. The Kier molecular flexibility index (Phi) is 4.83. The number of aromatic nitrogens is 3. The molecule has 2 heterocycles. The Morgan fingerprint density at radius 3 is 2.07 bits per heavy atom. The van der Waals surface area contributed by atoms with Crippen molar-refractivity contribution in [3.63, 3.8) is 0 Å². The number of anilines is 1. The monoisotopic (exact) mass is 442 g/mol. The average Bonchev–Trinajstić information content (AvgIpc) is 3.11. The number of nitrogens with zero attached hydrogens (tertiary/aromatic N) is 3. The second-order valence-corrected chi connectivity index (χ2v) is 10.7. The van der Waals surface area contributed by atoms with Crippen LogP contribution < -0.4 is 4.72 Å². The number of nitrogens with one attached hydrogen (secondary N) is 1. The van der Waals surface area contributed by atoms with Gasteiger partial charge in [-0.05, 0) is 35.9 Å². The number of hydrogen-bond acceptors (Lipinski definition) is 6. The zero-order valence-electron chi connectivity index (χ0n) is 16.1. The molecule has 8 nitrogen and oxygen atoms in total. The fraction of sp³-hybridized carbons (Fsp3) is 0.100. The van der Waals surface area contributed by atoms with E-state index >= 15 is 0 Å². The van der Waals surface area contributed by atoms with E-state index in [9.17, 15) is 16.8 Å². The predicted molar refractivity (Wildman–Crippen MR) is 115 cm³/mol. The van der Waals surface area contributed by atoms with E-state index in [1.807, 2.05) is 12.3 Å². The number of hydrogen-bond donors (Lipinski definition) is 1. The van der Waals surface area contributed by atoms with Crippen LogP contribution in [0.5, 0.6) is 0 Å². The minimum atomic E-state index is -3.35. The fourth-order valence-electron chi connectivity index (χ4n) is 3.11. The molecule has 0 amide bonds. The maximum Gasteiger partial charge on any atom is 0.229 e. The molecule has 0 fully saturated rings. The van der Waals surface area contributed by atoms with Crippen LogP contribution in [0.4, 0.5) is 5.69 Å². The van der Waals surface area contributed by atoms with Crippen LogP contribution in [0.2, 0.25) is 0 Å². The van der Waals surface area contributed by atoms with Gasteiger partial charge in [-0.1, -0.05) is 24.3 Å². The number of rotatable bonds is 5. The van der Waals surface area contributed by atoms with Crippen molar-refractivity contribution in [2.24, 2.45) is 0 Å². The van der Waals surface area contributed by atoms with Gasteiger partial charge in [0, 0.05) is 29.3 Å². The summed E-state index contributed by atoms with van der Waals surface area (Å²) in [5.41, 5.74) is 4.45. The first-order valence-corrected chi connectivity index (χ1v) is 12.6. The molecule has 1 N–H and O–H groups in total. The maximum atomic E-state index is 11.7. The Morgan fingerprint density at radius 2 is 1.47 bits per heavy atom. The maximum absolute atomic E-state index is 11.7. The van der Waals surface area contributed by atoms with E-state index in [2.05, 4.69) is 14.8 Å². The van der Waals surface area contributed by atoms with E-state index in [0.717, 1.165) is 28.5 Å². The van der Waals surface area contributed by atoms with Gasteiger partial charge in [0.25, 0.3) is 0 Å². The third kappa shape index (κ3) is 4.19. The molecule has 0 unspecified atom stereocenters. The van der Waals surface area contributed by atoms with Crippen molar-refractivity contribution in [1.29, 1.82) is 0 Å². The molecule has 0 aliphatic heterocycles. The Labute approximate surface area is 174 Å². The summed E-state index contributed by atoms with van der Waals surface area (Å²) in [4.78, 5) is 4.65. The molecule has 0 saturated heterocycles. The largest absolute Gasteiger partial charge is 0.284 e. The molecule has 0 radical (unpaired) electrons. The molecule has 0 saturated carbocycles. The number of fused-ring (bicyclic) bond motifs is 1. The summed E-state index contributed by atoms with van der Waals surface area (Å²) in [7, 11) is -6.60. The molecule has 2 aromatic carbocycles. The number of sulfonamides is 1. The van der Waals surface area contributed by atoms with Gasteiger partial charge in [-0.25, -0.2) is 26.3 Å². The van der Waals surface area contributed by atoms with E-state index in [1.54, 1.807) is 53.0 Å². The van der Waals surface area contributed by atoms with Crippen LogP contribution in [0.25, 0.3) is 27.9 Å². The van der Waals surface area contributed by atoms with Crippen LogP contribution in [0, 0.1) is 0 Å². The summed E-state index contributed by atoms with van der Waals surface area (Å²) >= 11 is 0. The van der Waals surface area contributed by atoms with E-state index in [1.165, 1.54) is 12.6 Å². The van der Waals surface area contributed by atoms with E-state index in [-0.39, 0.29) is 4.90 Å². The Morgan fingerprint density at radius 1 is 0.833 bits per heavy atom. The zero-order chi connectivity index (χ0) is 21.5. The van der Waals surface area contributed by atoms with Crippen molar-refractivity contribution in [3.8, 4) is 22.4 Å². The van der Waals surface area contributed by atoms with Gasteiger partial charge in [-0.15, -0.1) is 0 Å². The van der Waals surface area contributed by atoms with Crippen molar-refractivity contribution in [2.75, 3.05) is 17.2 Å². The lowest BCUT2D eigenvalue weighted by Crippen LogP contribution is -2.09. The molecule has 10 heteroatoms. The predicted octanol–water partition coefficient (Wildman–Crippen LogP) is 2.84. The van der Waals surface area contributed by atoms with E-state index in [4.69, 9.17) is 0 Å².